The van der Waals surface area contributed by atoms with Crippen LogP contribution < -0.4 is 10.6 Å². The van der Waals surface area contributed by atoms with Crippen LogP contribution in [0.1, 0.15) is 207 Å². The van der Waals surface area contributed by atoms with Gasteiger partial charge >= 0.3 is 43.9 Å². The maximum absolute atomic E-state index is 13.7. The lowest BCUT2D eigenvalue weighted by molar-refractivity contribution is -0.165. The van der Waals surface area contributed by atoms with Crippen molar-refractivity contribution in [2.75, 3.05) is 26.4 Å². The number of rotatable bonds is 46. The standard InChI is InChI=1S/C60H97N2O16P/c1-7-9-11-13-15-17-19-21-23-25-33-39-53(63)71-43-51(77-54(64)40-34-26-24-22-20-18-16-14-12-10-8-2)45-75-79(69,70)76-46-52(78-58(66)56(48(5)6)62-60(68)74-42-50-37-31-28-32-38-50)44-72-57(65)55(47(3)4)61-59(67)73-41-49-35-29-27-30-36-49/h27-32,35-38,47-48,51-52,55-56H,7-26,33-34,39-46H2,1-6H3,(H,61,67)(H,62,68)(H,69,70)/t51-,52?,55+,56+/m1/s1. The zero-order chi connectivity index (χ0) is 57.9. The smallest absolute Gasteiger partial charge is 0.462 e. The molecular weight excluding hydrogens is 1040 g/mol. The minimum atomic E-state index is -5.09. The van der Waals surface area contributed by atoms with Gasteiger partial charge in [-0.3, -0.25) is 18.6 Å². The van der Waals surface area contributed by atoms with Crippen LogP contribution in [0.5, 0.6) is 0 Å². The van der Waals surface area contributed by atoms with Crippen LogP contribution in [0.25, 0.3) is 0 Å². The third-order valence-corrected chi connectivity index (χ3v) is 14.0. The van der Waals surface area contributed by atoms with Gasteiger partial charge in [-0.25, -0.2) is 23.7 Å². The van der Waals surface area contributed by atoms with E-state index in [0.29, 0.717) is 18.4 Å². The van der Waals surface area contributed by atoms with Crippen molar-refractivity contribution in [3.05, 3.63) is 71.8 Å². The number of amides is 2. The Balaban J connectivity index is 2.14. The highest BCUT2D eigenvalue weighted by molar-refractivity contribution is 7.47. The largest absolute Gasteiger partial charge is 0.472 e. The van der Waals surface area contributed by atoms with Gasteiger partial charge in [0.1, 0.15) is 38.5 Å². The molecule has 5 atom stereocenters. The number of ether oxygens (including phenoxy) is 6. The molecule has 0 heterocycles. The Morgan fingerprint density at radius 3 is 1.20 bits per heavy atom. The second-order valence-corrected chi connectivity index (χ2v) is 22.4. The second-order valence-electron chi connectivity index (χ2n) is 21.0. The molecule has 2 aromatic rings. The third kappa shape index (κ3) is 36.1. The van der Waals surface area contributed by atoms with Gasteiger partial charge in [-0.05, 0) is 35.8 Å². The first-order valence-corrected chi connectivity index (χ1v) is 30.8. The summed E-state index contributed by atoms with van der Waals surface area (Å²) in [6, 6.07) is 15.2. The van der Waals surface area contributed by atoms with Gasteiger partial charge in [-0.2, -0.15) is 0 Å². The summed E-state index contributed by atoms with van der Waals surface area (Å²) in [4.78, 5) is 89.8. The molecule has 2 amide bonds. The summed E-state index contributed by atoms with van der Waals surface area (Å²) in [5.74, 6) is -4.15. The first-order valence-electron chi connectivity index (χ1n) is 29.3. The van der Waals surface area contributed by atoms with Crippen LogP contribution in [0.4, 0.5) is 9.59 Å². The van der Waals surface area contributed by atoms with Gasteiger partial charge in [0.25, 0.3) is 0 Å². The van der Waals surface area contributed by atoms with E-state index in [0.717, 1.165) is 56.9 Å². The molecule has 0 aromatic heterocycles. The van der Waals surface area contributed by atoms with Crippen LogP contribution in [0.2, 0.25) is 0 Å². The average Bonchev–Trinajstić information content (AvgIpc) is 3.43. The van der Waals surface area contributed by atoms with Gasteiger partial charge in [0.15, 0.2) is 12.2 Å². The van der Waals surface area contributed by atoms with E-state index in [-0.39, 0.29) is 26.1 Å². The van der Waals surface area contributed by atoms with Crippen LogP contribution in [-0.4, -0.2) is 91.7 Å². The maximum Gasteiger partial charge on any atom is 0.472 e. The summed E-state index contributed by atoms with van der Waals surface area (Å²) in [7, 11) is -5.09. The van der Waals surface area contributed by atoms with Gasteiger partial charge in [-0.1, -0.05) is 231 Å². The fourth-order valence-corrected chi connectivity index (χ4v) is 9.06. The monoisotopic (exact) mass is 1130 g/mol. The van der Waals surface area contributed by atoms with E-state index in [2.05, 4.69) is 24.5 Å². The Kier molecular flexibility index (Phi) is 38.8. The van der Waals surface area contributed by atoms with Crippen molar-refractivity contribution < 1.29 is 75.7 Å². The number of phosphoric ester groups is 1. The molecule has 0 spiro atoms. The normalized spacial score (nSPS) is 13.6. The molecule has 0 saturated carbocycles. The summed E-state index contributed by atoms with van der Waals surface area (Å²) < 4.78 is 57.0. The number of phosphoric acid groups is 1. The van der Waals surface area contributed by atoms with Crippen LogP contribution in [0.3, 0.4) is 0 Å². The number of hydrogen-bond acceptors (Lipinski definition) is 15. The van der Waals surface area contributed by atoms with Crippen molar-refractivity contribution in [2.24, 2.45) is 11.8 Å². The summed E-state index contributed by atoms with van der Waals surface area (Å²) in [5.41, 5.74) is 1.42. The Hall–Kier alpha value is -5.03. The zero-order valence-corrected chi connectivity index (χ0v) is 49.4. The van der Waals surface area contributed by atoms with Gasteiger partial charge < -0.3 is 43.9 Å². The minimum Gasteiger partial charge on any atom is -0.462 e. The number of carbonyl (C=O) groups excluding carboxylic acids is 6. The molecular formula is C60H97N2O16P. The summed E-state index contributed by atoms with van der Waals surface area (Å²) >= 11 is 0. The number of esters is 4. The maximum atomic E-state index is 13.7. The van der Waals surface area contributed by atoms with Gasteiger partial charge in [0.2, 0.25) is 0 Å². The Morgan fingerprint density at radius 2 is 0.797 bits per heavy atom. The molecule has 0 bridgehead atoms. The first-order chi connectivity index (χ1) is 38.0. The first kappa shape index (κ1) is 70.1. The van der Waals surface area contributed by atoms with E-state index in [4.69, 9.17) is 37.5 Å². The highest BCUT2D eigenvalue weighted by atomic mass is 31.2. The number of carbonyl (C=O) groups is 6. The number of alkyl carbamates (subject to hydrolysis) is 2. The molecule has 18 nitrogen and oxygen atoms in total. The zero-order valence-electron chi connectivity index (χ0n) is 48.5. The predicted octanol–water partition coefficient (Wildman–Crippen LogP) is 13.3. The number of hydrogen-bond donors (Lipinski definition) is 3. The molecule has 0 aliphatic carbocycles. The molecule has 2 aromatic carbocycles. The number of benzene rings is 2. The minimum absolute atomic E-state index is 0.0662. The quantitative estimate of drug-likeness (QED) is 0.0242. The molecule has 0 fully saturated rings. The number of unbranched alkanes of at least 4 members (excludes halogenated alkanes) is 20. The molecule has 0 radical (unpaired) electrons. The lowest BCUT2D eigenvalue weighted by atomic mass is 10.0. The summed E-state index contributed by atoms with van der Waals surface area (Å²) in [6.07, 6.45) is 19.8. The fraction of sp³-hybridized carbons (Fsp3) is 0.700. The average molecular weight is 1130 g/mol. The van der Waals surface area contributed by atoms with Crippen LogP contribution in [0.15, 0.2) is 60.7 Å². The van der Waals surface area contributed by atoms with E-state index < -0.39 is 106 Å². The van der Waals surface area contributed by atoms with E-state index in [9.17, 15) is 38.2 Å². The molecule has 448 valence electrons. The number of nitrogens with one attached hydrogen (secondary N) is 2. The summed E-state index contributed by atoms with van der Waals surface area (Å²) in [5, 5.41) is 4.98. The Labute approximate surface area is 471 Å². The highest BCUT2D eigenvalue weighted by Gasteiger charge is 2.34. The predicted molar refractivity (Wildman–Crippen MR) is 302 cm³/mol. The van der Waals surface area contributed by atoms with Crippen molar-refractivity contribution in [1.29, 1.82) is 0 Å². The molecule has 19 heteroatoms. The SMILES string of the molecule is CCCCCCCCCCCCCC(=O)OC[C@H](COP(=O)(O)OCC(COC(=O)[C@@H](NC(=O)OCc1ccccc1)C(C)C)OC(=O)[C@@H](NC(=O)OCc1ccccc1)C(C)C)OC(=O)CCCCCCCCCCCCC. The second kappa shape index (κ2) is 43.7. The molecule has 0 saturated heterocycles. The lowest BCUT2D eigenvalue weighted by Crippen LogP contribution is -2.48. The van der Waals surface area contributed by atoms with Crippen molar-refractivity contribution >= 4 is 43.9 Å². The third-order valence-electron chi connectivity index (χ3n) is 13.1. The molecule has 0 aliphatic rings. The molecule has 2 unspecified atom stereocenters. The topological polar surface area (TPSA) is 238 Å². The van der Waals surface area contributed by atoms with Crippen LogP contribution in [-0.2, 0) is 74.4 Å². The van der Waals surface area contributed by atoms with Gasteiger partial charge in [0, 0.05) is 12.8 Å². The van der Waals surface area contributed by atoms with E-state index >= 15 is 0 Å². The molecule has 0 aliphatic heterocycles. The molecule has 2 rings (SSSR count). The van der Waals surface area contributed by atoms with Gasteiger partial charge in [0.05, 0.1) is 13.2 Å². The van der Waals surface area contributed by atoms with E-state index in [1.165, 1.54) is 77.0 Å². The van der Waals surface area contributed by atoms with Crippen molar-refractivity contribution in [1.82, 2.24) is 10.6 Å². The summed E-state index contributed by atoms with van der Waals surface area (Å²) in [6.45, 7) is 8.06. The van der Waals surface area contributed by atoms with Gasteiger partial charge in [-0.15, -0.1) is 0 Å². The van der Waals surface area contributed by atoms with Crippen molar-refractivity contribution in [3.8, 4) is 0 Å². The Morgan fingerprint density at radius 1 is 0.443 bits per heavy atom. The molecule has 3 N–H and O–H groups in total. The van der Waals surface area contributed by atoms with Crippen LogP contribution in [0, 0.1) is 11.8 Å². The Bertz CT molecular complexity index is 2010. The fourth-order valence-electron chi connectivity index (χ4n) is 8.28. The van der Waals surface area contributed by atoms with E-state index in [1.54, 1.807) is 76.2 Å². The van der Waals surface area contributed by atoms with Crippen molar-refractivity contribution in [3.63, 3.8) is 0 Å². The van der Waals surface area contributed by atoms with Crippen molar-refractivity contribution in [2.45, 2.75) is 233 Å². The molecule has 79 heavy (non-hydrogen) atoms. The lowest BCUT2D eigenvalue weighted by Gasteiger charge is -2.26. The highest BCUT2D eigenvalue weighted by Crippen LogP contribution is 2.43. The van der Waals surface area contributed by atoms with E-state index in [1.807, 2.05) is 12.1 Å². The van der Waals surface area contributed by atoms with Crippen LogP contribution >= 0.6 is 7.82 Å².